The van der Waals surface area contributed by atoms with Gasteiger partial charge < -0.3 is 10.8 Å². The van der Waals surface area contributed by atoms with Gasteiger partial charge in [0.2, 0.25) is 0 Å². The predicted octanol–water partition coefficient (Wildman–Crippen LogP) is 2.17. The molecule has 0 fully saturated rings. The van der Waals surface area contributed by atoms with E-state index in [4.69, 9.17) is 10.8 Å². The van der Waals surface area contributed by atoms with Crippen LogP contribution in [0.15, 0.2) is 28.7 Å². The van der Waals surface area contributed by atoms with Crippen molar-refractivity contribution in [1.82, 2.24) is 0 Å². The Bertz CT molecular complexity index is 323. The molecule has 3 nitrogen and oxygen atoms in total. The Balaban J connectivity index is 2.84. The first-order chi connectivity index (χ1) is 6.52. The molecule has 0 aliphatic heterocycles. The average Bonchev–Trinajstić information content (AvgIpc) is 2.16. The summed E-state index contributed by atoms with van der Waals surface area (Å²) in [7, 11) is 0. The van der Waals surface area contributed by atoms with Crippen molar-refractivity contribution in [1.29, 1.82) is 0 Å². The standard InChI is InChI=1S/C10H12BrNO2/c1-6(10(13)14)9(12)7-2-4-8(11)5-3-7/h2-6,9H,12H2,1H3,(H,13,14)/t6-,9?/m1/s1. The van der Waals surface area contributed by atoms with Gasteiger partial charge in [-0.3, -0.25) is 4.79 Å². The summed E-state index contributed by atoms with van der Waals surface area (Å²) >= 11 is 3.30. The number of carboxylic acid groups (broad SMARTS) is 1. The number of halogens is 1. The molecule has 0 saturated heterocycles. The lowest BCUT2D eigenvalue weighted by Crippen LogP contribution is -2.25. The van der Waals surface area contributed by atoms with Gasteiger partial charge in [-0.1, -0.05) is 35.0 Å². The number of benzene rings is 1. The fraction of sp³-hybridized carbons (Fsp3) is 0.300. The van der Waals surface area contributed by atoms with Gasteiger partial charge in [-0.25, -0.2) is 0 Å². The molecular weight excluding hydrogens is 246 g/mol. The molecule has 4 heteroatoms. The van der Waals surface area contributed by atoms with Gasteiger partial charge in [-0.05, 0) is 17.7 Å². The van der Waals surface area contributed by atoms with E-state index in [1.54, 1.807) is 6.92 Å². The molecular formula is C10H12BrNO2. The molecule has 1 aromatic carbocycles. The second-order valence-corrected chi connectivity index (χ2v) is 4.12. The molecule has 0 amide bonds. The van der Waals surface area contributed by atoms with Crippen LogP contribution in [0.4, 0.5) is 0 Å². The largest absolute Gasteiger partial charge is 0.481 e. The fourth-order valence-corrected chi connectivity index (χ4v) is 1.39. The first-order valence-corrected chi connectivity index (χ1v) is 5.05. The molecule has 0 saturated carbocycles. The van der Waals surface area contributed by atoms with Crippen LogP contribution in [0.25, 0.3) is 0 Å². The van der Waals surface area contributed by atoms with Gasteiger partial charge in [0.1, 0.15) is 0 Å². The number of hydrogen-bond donors (Lipinski definition) is 2. The quantitative estimate of drug-likeness (QED) is 0.873. The van der Waals surface area contributed by atoms with E-state index in [-0.39, 0.29) is 0 Å². The molecule has 0 spiro atoms. The molecule has 0 radical (unpaired) electrons. The SMILES string of the molecule is C[C@@H](C(=O)O)C(N)c1ccc(Br)cc1. The first kappa shape index (κ1) is 11.2. The van der Waals surface area contributed by atoms with Gasteiger partial charge in [0, 0.05) is 10.5 Å². The van der Waals surface area contributed by atoms with E-state index in [0.29, 0.717) is 0 Å². The highest BCUT2D eigenvalue weighted by Gasteiger charge is 2.20. The summed E-state index contributed by atoms with van der Waals surface area (Å²) < 4.78 is 0.955. The molecule has 1 aromatic rings. The van der Waals surface area contributed by atoms with Crippen molar-refractivity contribution in [3.63, 3.8) is 0 Å². The summed E-state index contributed by atoms with van der Waals surface area (Å²) in [5.74, 6) is -1.45. The Kier molecular flexibility index (Phi) is 3.66. The third kappa shape index (κ3) is 2.56. The normalized spacial score (nSPS) is 14.8. The van der Waals surface area contributed by atoms with Crippen molar-refractivity contribution in [2.24, 2.45) is 11.7 Å². The highest BCUT2D eigenvalue weighted by molar-refractivity contribution is 9.10. The van der Waals surface area contributed by atoms with Crippen molar-refractivity contribution in [2.45, 2.75) is 13.0 Å². The summed E-state index contributed by atoms with van der Waals surface area (Å²) in [6, 6.07) is 6.90. The Labute approximate surface area is 91.1 Å². The summed E-state index contributed by atoms with van der Waals surface area (Å²) in [6.07, 6.45) is 0. The number of nitrogens with two attached hydrogens (primary N) is 1. The Morgan fingerprint density at radius 2 is 1.93 bits per heavy atom. The van der Waals surface area contributed by atoms with E-state index in [1.807, 2.05) is 24.3 Å². The summed E-state index contributed by atoms with van der Waals surface area (Å²) in [4.78, 5) is 10.7. The van der Waals surface area contributed by atoms with Gasteiger partial charge >= 0.3 is 5.97 Å². The van der Waals surface area contributed by atoms with Crippen LogP contribution >= 0.6 is 15.9 Å². The van der Waals surface area contributed by atoms with Gasteiger partial charge in [0.15, 0.2) is 0 Å². The van der Waals surface area contributed by atoms with Crippen LogP contribution in [0.5, 0.6) is 0 Å². The number of hydrogen-bond acceptors (Lipinski definition) is 2. The maximum atomic E-state index is 10.7. The molecule has 0 aromatic heterocycles. The van der Waals surface area contributed by atoms with Crippen LogP contribution in [0, 0.1) is 5.92 Å². The lowest BCUT2D eigenvalue weighted by Gasteiger charge is -2.16. The van der Waals surface area contributed by atoms with E-state index < -0.39 is 17.9 Å². The van der Waals surface area contributed by atoms with Crippen molar-refractivity contribution < 1.29 is 9.90 Å². The topological polar surface area (TPSA) is 63.3 Å². The smallest absolute Gasteiger partial charge is 0.308 e. The average molecular weight is 258 g/mol. The highest BCUT2D eigenvalue weighted by atomic mass is 79.9. The molecule has 1 rings (SSSR count). The van der Waals surface area contributed by atoms with E-state index >= 15 is 0 Å². The maximum Gasteiger partial charge on any atom is 0.308 e. The molecule has 0 aliphatic rings. The second kappa shape index (κ2) is 4.57. The van der Waals surface area contributed by atoms with Gasteiger partial charge in [-0.15, -0.1) is 0 Å². The highest BCUT2D eigenvalue weighted by Crippen LogP contribution is 2.21. The minimum Gasteiger partial charge on any atom is -0.481 e. The van der Waals surface area contributed by atoms with Crippen molar-refractivity contribution >= 4 is 21.9 Å². The predicted molar refractivity (Wildman–Crippen MR) is 57.9 cm³/mol. The monoisotopic (exact) mass is 257 g/mol. The molecule has 14 heavy (non-hydrogen) atoms. The molecule has 1 unspecified atom stereocenters. The van der Waals surface area contributed by atoms with Crippen LogP contribution in [0.2, 0.25) is 0 Å². The second-order valence-electron chi connectivity index (χ2n) is 3.20. The third-order valence-electron chi connectivity index (χ3n) is 2.18. The first-order valence-electron chi connectivity index (χ1n) is 4.26. The number of carbonyl (C=O) groups is 1. The van der Waals surface area contributed by atoms with Crippen LogP contribution in [0.3, 0.4) is 0 Å². The number of carboxylic acids is 1. The fourth-order valence-electron chi connectivity index (χ4n) is 1.13. The Hall–Kier alpha value is -0.870. The molecule has 76 valence electrons. The van der Waals surface area contributed by atoms with Gasteiger partial charge in [-0.2, -0.15) is 0 Å². The van der Waals surface area contributed by atoms with E-state index in [1.165, 1.54) is 0 Å². The minimum absolute atomic E-state index is 0.458. The minimum atomic E-state index is -0.875. The lowest BCUT2D eigenvalue weighted by molar-refractivity contribution is -0.141. The summed E-state index contributed by atoms with van der Waals surface area (Å²) in [5.41, 5.74) is 6.63. The van der Waals surface area contributed by atoms with Crippen molar-refractivity contribution in [2.75, 3.05) is 0 Å². The van der Waals surface area contributed by atoms with Crippen LogP contribution in [-0.4, -0.2) is 11.1 Å². The van der Waals surface area contributed by atoms with E-state index in [9.17, 15) is 4.79 Å². The lowest BCUT2D eigenvalue weighted by atomic mass is 9.96. The van der Waals surface area contributed by atoms with E-state index in [2.05, 4.69) is 15.9 Å². The number of aliphatic carboxylic acids is 1. The Morgan fingerprint density at radius 3 is 2.36 bits per heavy atom. The van der Waals surface area contributed by atoms with Gasteiger partial charge in [0.25, 0.3) is 0 Å². The number of rotatable bonds is 3. The zero-order valence-electron chi connectivity index (χ0n) is 7.77. The molecule has 0 heterocycles. The zero-order valence-corrected chi connectivity index (χ0v) is 9.36. The molecule has 2 atom stereocenters. The van der Waals surface area contributed by atoms with E-state index in [0.717, 1.165) is 10.0 Å². The maximum absolute atomic E-state index is 10.7. The van der Waals surface area contributed by atoms with Crippen LogP contribution in [-0.2, 0) is 4.79 Å². The summed E-state index contributed by atoms with van der Waals surface area (Å²) in [5, 5.41) is 8.78. The Morgan fingerprint density at radius 1 is 1.43 bits per heavy atom. The summed E-state index contributed by atoms with van der Waals surface area (Å²) in [6.45, 7) is 1.61. The van der Waals surface area contributed by atoms with Crippen molar-refractivity contribution in [3.8, 4) is 0 Å². The van der Waals surface area contributed by atoms with Crippen molar-refractivity contribution in [3.05, 3.63) is 34.3 Å². The molecule has 0 bridgehead atoms. The van der Waals surface area contributed by atoms with Crippen LogP contribution < -0.4 is 5.73 Å². The zero-order chi connectivity index (χ0) is 10.7. The molecule has 3 N–H and O–H groups in total. The van der Waals surface area contributed by atoms with Gasteiger partial charge in [0.05, 0.1) is 5.92 Å². The third-order valence-corrected chi connectivity index (χ3v) is 2.71. The molecule has 0 aliphatic carbocycles. The van der Waals surface area contributed by atoms with Crippen LogP contribution in [0.1, 0.15) is 18.5 Å².